The first-order chi connectivity index (χ1) is 8.49. The fourth-order valence-corrected chi connectivity index (χ4v) is 3.32. The summed E-state index contributed by atoms with van der Waals surface area (Å²) in [6, 6.07) is 11.1. The van der Waals surface area contributed by atoms with E-state index in [4.69, 9.17) is 0 Å². The number of benzene rings is 2. The Kier molecular flexibility index (Phi) is 3.82. The molecular weight excluding hydrogens is 236 g/mol. The van der Waals surface area contributed by atoms with Crippen molar-refractivity contribution in [2.24, 2.45) is 0 Å². The fraction of sp³-hybridized carbons (Fsp3) is 0.294. The van der Waals surface area contributed by atoms with E-state index in [9.17, 15) is 0 Å². The van der Waals surface area contributed by atoms with Crippen LogP contribution in [-0.2, 0) is 0 Å². The Balaban J connectivity index is 2.43. The van der Waals surface area contributed by atoms with Gasteiger partial charge in [-0.25, -0.2) is 0 Å². The van der Waals surface area contributed by atoms with Crippen LogP contribution in [0.5, 0.6) is 0 Å². The molecule has 0 aliphatic carbocycles. The van der Waals surface area contributed by atoms with Crippen LogP contribution in [0.4, 0.5) is 0 Å². The van der Waals surface area contributed by atoms with Crippen LogP contribution in [-0.4, -0.2) is 0 Å². The molecule has 0 aliphatic rings. The average molecular weight is 256 g/mol. The molecule has 0 aromatic heterocycles. The van der Waals surface area contributed by atoms with Crippen LogP contribution in [0, 0.1) is 34.6 Å². The summed E-state index contributed by atoms with van der Waals surface area (Å²) >= 11 is 1.88. The van der Waals surface area contributed by atoms with Crippen molar-refractivity contribution in [3.8, 4) is 0 Å². The molecule has 0 fully saturated rings. The minimum Gasteiger partial charge on any atom is -0.0895 e. The molecule has 0 unspecified atom stereocenters. The van der Waals surface area contributed by atoms with Gasteiger partial charge < -0.3 is 0 Å². The summed E-state index contributed by atoms with van der Waals surface area (Å²) in [5.41, 5.74) is 6.86. The molecule has 0 spiro atoms. The van der Waals surface area contributed by atoms with Crippen LogP contribution in [0.1, 0.15) is 27.8 Å². The van der Waals surface area contributed by atoms with Crippen molar-refractivity contribution in [3.05, 3.63) is 58.1 Å². The zero-order valence-electron chi connectivity index (χ0n) is 11.8. The van der Waals surface area contributed by atoms with E-state index in [0.29, 0.717) is 0 Å². The van der Waals surface area contributed by atoms with Crippen molar-refractivity contribution in [2.45, 2.75) is 44.4 Å². The van der Waals surface area contributed by atoms with E-state index in [2.05, 4.69) is 65.0 Å². The molecule has 0 bridgehead atoms. The lowest BCUT2D eigenvalue weighted by Gasteiger charge is -2.12. The minimum atomic E-state index is 1.34. The molecule has 2 aromatic carbocycles. The molecule has 0 heterocycles. The third-order valence-electron chi connectivity index (χ3n) is 3.54. The van der Waals surface area contributed by atoms with Gasteiger partial charge in [-0.3, -0.25) is 0 Å². The van der Waals surface area contributed by atoms with E-state index in [1.807, 2.05) is 11.8 Å². The van der Waals surface area contributed by atoms with E-state index in [1.54, 1.807) is 0 Å². The predicted octanol–water partition coefficient (Wildman–Crippen LogP) is 5.38. The van der Waals surface area contributed by atoms with Crippen LogP contribution < -0.4 is 0 Å². The van der Waals surface area contributed by atoms with Gasteiger partial charge in [0.2, 0.25) is 0 Å². The maximum atomic E-state index is 2.29. The first-order valence-corrected chi connectivity index (χ1v) is 7.12. The summed E-state index contributed by atoms with van der Waals surface area (Å²) in [6.45, 7) is 10.9. The van der Waals surface area contributed by atoms with E-state index >= 15 is 0 Å². The largest absolute Gasteiger partial charge is 0.0895 e. The fourth-order valence-electron chi connectivity index (χ4n) is 2.06. The number of aryl methyl sites for hydroxylation is 3. The molecule has 0 atom stereocenters. The maximum absolute atomic E-state index is 2.29. The van der Waals surface area contributed by atoms with Gasteiger partial charge in [0, 0.05) is 9.79 Å². The quantitative estimate of drug-likeness (QED) is 0.695. The highest BCUT2D eigenvalue weighted by Crippen LogP contribution is 2.35. The normalized spacial score (nSPS) is 10.7. The van der Waals surface area contributed by atoms with Crippen LogP contribution in [0.2, 0.25) is 0 Å². The molecule has 0 saturated heterocycles. The smallest absolute Gasteiger partial charge is 0.0156 e. The molecule has 94 valence electrons. The van der Waals surface area contributed by atoms with Gasteiger partial charge in [-0.2, -0.15) is 0 Å². The molecule has 2 rings (SSSR count). The van der Waals surface area contributed by atoms with Gasteiger partial charge >= 0.3 is 0 Å². The molecule has 0 N–H and O–H groups in total. The summed E-state index contributed by atoms with van der Waals surface area (Å²) in [4.78, 5) is 2.74. The second-order valence-corrected chi connectivity index (χ2v) is 6.09. The van der Waals surface area contributed by atoms with Gasteiger partial charge in [0.05, 0.1) is 0 Å². The van der Waals surface area contributed by atoms with Crippen molar-refractivity contribution in [1.29, 1.82) is 0 Å². The van der Waals surface area contributed by atoms with Crippen molar-refractivity contribution >= 4 is 11.8 Å². The zero-order chi connectivity index (χ0) is 13.3. The second kappa shape index (κ2) is 5.19. The number of rotatable bonds is 2. The molecule has 0 nitrogen and oxygen atoms in total. The molecule has 0 amide bonds. The Morgan fingerprint density at radius 2 is 1.39 bits per heavy atom. The Morgan fingerprint density at radius 3 is 2.11 bits per heavy atom. The van der Waals surface area contributed by atoms with E-state index in [-0.39, 0.29) is 0 Å². The van der Waals surface area contributed by atoms with Crippen molar-refractivity contribution in [3.63, 3.8) is 0 Å². The summed E-state index contributed by atoms with van der Waals surface area (Å²) in [5, 5.41) is 0. The third kappa shape index (κ3) is 2.62. The van der Waals surface area contributed by atoms with Crippen molar-refractivity contribution in [2.75, 3.05) is 0 Å². The lowest BCUT2D eigenvalue weighted by atomic mass is 10.1. The summed E-state index contributed by atoms with van der Waals surface area (Å²) in [6.07, 6.45) is 0. The van der Waals surface area contributed by atoms with Crippen LogP contribution in [0.3, 0.4) is 0 Å². The first kappa shape index (κ1) is 13.2. The Bertz CT molecular complexity index is 582. The SMILES string of the molecule is Cc1cc(C)c(C)c(Sc2cccc(C)c2C)c1. The van der Waals surface area contributed by atoms with E-state index in [0.717, 1.165) is 0 Å². The van der Waals surface area contributed by atoms with Gasteiger partial charge in [0.15, 0.2) is 0 Å². The van der Waals surface area contributed by atoms with Gasteiger partial charge in [0.25, 0.3) is 0 Å². The second-order valence-electron chi connectivity index (χ2n) is 5.01. The summed E-state index contributed by atoms with van der Waals surface area (Å²) < 4.78 is 0. The third-order valence-corrected chi connectivity index (χ3v) is 4.85. The summed E-state index contributed by atoms with van der Waals surface area (Å²) in [5.74, 6) is 0. The Hall–Kier alpha value is -1.21. The van der Waals surface area contributed by atoms with Gasteiger partial charge in [0.1, 0.15) is 0 Å². The van der Waals surface area contributed by atoms with Crippen molar-refractivity contribution < 1.29 is 0 Å². The number of hydrogen-bond donors (Lipinski definition) is 0. The molecule has 0 saturated carbocycles. The lowest BCUT2D eigenvalue weighted by Crippen LogP contribution is -1.89. The Labute approximate surface area is 114 Å². The van der Waals surface area contributed by atoms with Gasteiger partial charge in [-0.1, -0.05) is 30.0 Å². The minimum absolute atomic E-state index is 1.34. The Morgan fingerprint density at radius 1 is 0.722 bits per heavy atom. The number of hydrogen-bond acceptors (Lipinski definition) is 1. The van der Waals surface area contributed by atoms with E-state index < -0.39 is 0 Å². The van der Waals surface area contributed by atoms with Gasteiger partial charge in [-0.05, 0) is 74.6 Å². The highest BCUT2D eigenvalue weighted by atomic mass is 32.2. The lowest BCUT2D eigenvalue weighted by molar-refractivity contribution is 1.18. The molecule has 1 heteroatoms. The molecule has 0 aliphatic heterocycles. The first-order valence-electron chi connectivity index (χ1n) is 6.31. The van der Waals surface area contributed by atoms with Crippen LogP contribution in [0.15, 0.2) is 40.1 Å². The molecular formula is C17H20S. The standard InChI is InChI=1S/C17H20S/c1-11-9-13(3)15(5)17(10-11)18-16-8-6-7-12(2)14(16)4/h6-10H,1-5H3. The zero-order valence-corrected chi connectivity index (χ0v) is 12.6. The predicted molar refractivity (Wildman–Crippen MR) is 80.7 cm³/mol. The van der Waals surface area contributed by atoms with Gasteiger partial charge in [-0.15, -0.1) is 0 Å². The van der Waals surface area contributed by atoms with Crippen molar-refractivity contribution in [1.82, 2.24) is 0 Å². The highest BCUT2D eigenvalue weighted by molar-refractivity contribution is 7.99. The van der Waals surface area contributed by atoms with Crippen LogP contribution >= 0.6 is 11.8 Å². The molecule has 2 aromatic rings. The highest BCUT2D eigenvalue weighted by Gasteiger charge is 2.07. The summed E-state index contributed by atoms with van der Waals surface area (Å²) in [7, 11) is 0. The molecule has 0 radical (unpaired) electrons. The van der Waals surface area contributed by atoms with E-state index in [1.165, 1.54) is 37.6 Å². The average Bonchev–Trinajstić information content (AvgIpc) is 2.31. The monoisotopic (exact) mass is 256 g/mol. The van der Waals surface area contributed by atoms with Crippen LogP contribution in [0.25, 0.3) is 0 Å². The topological polar surface area (TPSA) is 0 Å². The molecule has 18 heavy (non-hydrogen) atoms. The maximum Gasteiger partial charge on any atom is 0.0156 e.